The number of hydrogen-bond donors (Lipinski definition) is 0. The summed E-state index contributed by atoms with van der Waals surface area (Å²) in [5.41, 5.74) is 1.93. The molecule has 4 heteroatoms. The Labute approximate surface area is 117 Å². The number of amides is 2. The molecule has 2 amide bonds. The predicted molar refractivity (Wildman–Crippen MR) is 76.7 cm³/mol. The van der Waals surface area contributed by atoms with Gasteiger partial charge in [0.15, 0.2) is 0 Å². The van der Waals surface area contributed by atoms with E-state index in [9.17, 15) is 9.59 Å². The van der Waals surface area contributed by atoms with Gasteiger partial charge in [-0.2, -0.15) is 0 Å². The smallest absolute Gasteiger partial charge is 0.263 e. The Morgan fingerprint density at radius 1 is 0.850 bits per heavy atom. The summed E-state index contributed by atoms with van der Waals surface area (Å²) in [7, 11) is 1.86. The Kier molecular flexibility index (Phi) is 2.99. The lowest BCUT2D eigenvalue weighted by atomic mass is 10.1. The zero-order valence-corrected chi connectivity index (χ0v) is 11.1. The molecule has 0 aromatic heterocycles. The van der Waals surface area contributed by atoms with Crippen molar-refractivity contribution in [2.45, 2.75) is 0 Å². The molecular formula is C16H14N2O2. The molecule has 0 radical (unpaired) electrons. The fraction of sp³-hybridized carbons (Fsp3) is 0.125. The minimum atomic E-state index is -0.228. The van der Waals surface area contributed by atoms with Crippen LogP contribution in [0, 0.1) is 0 Å². The summed E-state index contributed by atoms with van der Waals surface area (Å²) in [6.45, 7) is 0.246. The van der Waals surface area contributed by atoms with Gasteiger partial charge >= 0.3 is 0 Å². The van der Waals surface area contributed by atoms with E-state index in [-0.39, 0.29) is 18.5 Å². The Balaban J connectivity index is 1.84. The maximum absolute atomic E-state index is 12.3. The Bertz CT molecular complexity index is 632. The van der Waals surface area contributed by atoms with Crippen molar-refractivity contribution in [2.75, 3.05) is 18.6 Å². The summed E-state index contributed by atoms with van der Waals surface area (Å²) in [5.74, 6) is -0.457. The number of hydrogen-bond acceptors (Lipinski definition) is 3. The molecule has 0 saturated carbocycles. The third-order valence-electron chi connectivity index (χ3n) is 3.43. The number of nitrogens with zero attached hydrogens (tertiary/aromatic N) is 2. The highest BCUT2D eigenvalue weighted by Gasteiger charge is 2.35. The minimum Gasteiger partial charge on any atom is -0.356 e. The van der Waals surface area contributed by atoms with E-state index in [1.54, 1.807) is 24.3 Å². The van der Waals surface area contributed by atoms with Gasteiger partial charge in [0.25, 0.3) is 11.8 Å². The molecule has 2 aromatic rings. The average molecular weight is 266 g/mol. The zero-order valence-electron chi connectivity index (χ0n) is 11.1. The van der Waals surface area contributed by atoms with E-state index >= 15 is 0 Å². The third kappa shape index (κ3) is 1.95. The second kappa shape index (κ2) is 4.81. The molecule has 4 nitrogen and oxygen atoms in total. The van der Waals surface area contributed by atoms with Gasteiger partial charge < -0.3 is 4.90 Å². The first kappa shape index (κ1) is 12.4. The molecule has 0 aliphatic carbocycles. The minimum absolute atomic E-state index is 0.228. The van der Waals surface area contributed by atoms with Crippen LogP contribution in [0.4, 0.5) is 5.69 Å². The average Bonchev–Trinajstić information content (AvgIpc) is 2.74. The van der Waals surface area contributed by atoms with Crippen LogP contribution in [0.1, 0.15) is 20.7 Å². The number of para-hydroxylation sites is 1. The van der Waals surface area contributed by atoms with Crippen LogP contribution < -0.4 is 4.90 Å². The van der Waals surface area contributed by atoms with Gasteiger partial charge in [0.05, 0.1) is 11.1 Å². The molecule has 0 fully saturated rings. The van der Waals surface area contributed by atoms with E-state index in [0.717, 1.165) is 5.69 Å². The van der Waals surface area contributed by atoms with Crippen molar-refractivity contribution >= 4 is 17.5 Å². The monoisotopic (exact) mass is 266 g/mol. The highest BCUT2D eigenvalue weighted by molar-refractivity contribution is 6.21. The maximum atomic E-state index is 12.3. The van der Waals surface area contributed by atoms with Gasteiger partial charge in [0.1, 0.15) is 6.67 Å². The van der Waals surface area contributed by atoms with Crippen LogP contribution in [0.3, 0.4) is 0 Å². The molecule has 0 unspecified atom stereocenters. The van der Waals surface area contributed by atoms with Crippen molar-refractivity contribution in [3.8, 4) is 0 Å². The molecule has 0 saturated heterocycles. The summed E-state index contributed by atoms with van der Waals surface area (Å²) in [6, 6.07) is 16.6. The molecule has 2 aromatic carbocycles. The molecule has 20 heavy (non-hydrogen) atoms. The number of carbonyl (C=O) groups excluding carboxylic acids is 2. The second-order valence-electron chi connectivity index (χ2n) is 4.76. The fourth-order valence-electron chi connectivity index (χ4n) is 2.34. The first-order valence-corrected chi connectivity index (χ1v) is 6.40. The normalized spacial score (nSPS) is 13.6. The standard InChI is InChI=1S/C16H14N2O2/c1-17(12-7-3-2-4-8-12)11-18-15(19)13-9-5-6-10-14(13)16(18)20/h2-10H,11H2,1H3. The molecular weight excluding hydrogens is 252 g/mol. The van der Waals surface area contributed by atoms with E-state index in [1.807, 2.05) is 42.3 Å². The summed E-state index contributed by atoms with van der Waals surface area (Å²) in [4.78, 5) is 27.7. The van der Waals surface area contributed by atoms with Crippen LogP contribution in [-0.2, 0) is 0 Å². The van der Waals surface area contributed by atoms with Crippen molar-refractivity contribution < 1.29 is 9.59 Å². The first-order chi connectivity index (χ1) is 9.68. The molecule has 0 bridgehead atoms. The number of carbonyl (C=O) groups is 2. The molecule has 0 spiro atoms. The summed E-state index contributed by atoms with van der Waals surface area (Å²) in [6.07, 6.45) is 0. The van der Waals surface area contributed by atoms with Gasteiger partial charge in [-0.05, 0) is 24.3 Å². The number of fused-ring (bicyclic) bond motifs is 1. The third-order valence-corrected chi connectivity index (χ3v) is 3.43. The van der Waals surface area contributed by atoms with Gasteiger partial charge in [0.2, 0.25) is 0 Å². The lowest BCUT2D eigenvalue weighted by Crippen LogP contribution is -2.39. The van der Waals surface area contributed by atoms with Gasteiger partial charge in [-0.15, -0.1) is 0 Å². The van der Waals surface area contributed by atoms with Crippen molar-refractivity contribution in [1.29, 1.82) is 0 Å². The van der Waals surface area contributed by atoms with Crippen LogP contribution >= 0.6 is 0 Å². The zero-order chi connectivity index (χ0) is 14.1. The van der Waals surface area contributed by atoms with Crippen molar-refractivity contribution in [1.82, 2.24) is 4.90 Å². The van der Waals surface area contributed by atoms with Crippen LogP contribution in [0.2, 0.25) is 0 Å². The predicted octanol–water partition coefficient (Wildman–Crippen LogP) is 2.38. The largest absolute Gasteiger partial charge is 0.356 e. The lowest BCUT2D eigenvalue weighted by molar-refractivity contribution is 0.0656. The van der Waals surface area contributed by atoms with Crippen molar-refractivity contribution in [3.63, 3.8) is 0 Å². The highest BCUT2D eigenvalue weighted by Crippen LogP contribution is 2.23. The van der Waals surface area contributed by atoms with Crippen LogP contribution in [0.15, 0.2) is 54.6 Å². The summed E-state index contributed by atoms with van der Waals surface area (Å²) in [5, 5.41) is 0. The lowest BCUT2D eigenvalue weighted by Gasteiger charge is -2.24. The van der Waals surface area contributed by atoms with E-state index in [0.29, 0.717) is 11.1 Å². The topological polar surface area (TPSA) is 40.6 Å². The van der Waals surface area contributed by atoms with Crippen LogP contribution in [-0.4, -0.2) is 30.4 Å². The molecule has 1 aliphatic heterocycles. The van der Waals surface area contributed by atoms with Crippen molar-refractivity contribution in [3.05, 3.63) is 65.7 Å². The van der Waals surface area contributed by atoms with Gasteiger partial charge in [-0.3, -0.25) is 14.5 Å². The highest BCUT2D eigenvalue weighted by atomic mass is 16.2. The van der Waals surface area contributed by atoms with E-state index < -0.39 is 0 Å². The summed E-state index contributed by atoms with van der Waals surface area (Å²) >= 11 is 0. The summed E-state index contributed by atoms with van der Waals surface area (Å²) < 4.78 is 0. The Morgan fingerprint density at radius 2 is 1.35 bits per heavy atom. The van der Waals surface area contributed by atoms with E-state index in [4.69, 9.17) is 0 Å². The molecule has 1 aliphatic rings. The number of rotatable bonds is 3. The van der Waals surface area contributed by atoms with Gasteiger partial charge in [0, 0.05) is 12.7 Å². The SMILES string of the molecule is CN(CN1C(=O)c2ccccc2C1=O)c1ccccc1. The van der Waals surface area contributed by atoms with Crippen molar-refractivity contribution in [2.24, 2.45) is 0 Å². The Hall–Kier alpha value is -2.62. The molecule has 0 N–H and O–H groups in total. The van der Waals surface area contributed by atoms with E-state index in [1.165, 1.54) is 4.90 Å². The molecule has 3 rings (SSSR count). The van der Waals surface area contributed by atoms with Crippen LogP contribution in [0.5, 0.6) is 0 Å². The van der Waals surface area contributed by atoms with E-state index in [2.05, 4.69) is 0 Å². The number of imide groups is 1. The van der Waals surface area contributed by atoms with Gasteiger partial charge in [-0.25, -0.2) is 0 Å². The second-order valence-corrected chi connectivity index (χ2v) is 4.76. The molecule has 100 valence electrons. The van der Waals surface area contributed by atoms with Crippen LogP contribution in [0.25, 0.3) is 0 Å². The maximum Gasteiger partial charge on any atom is 0.263 e. The molecule has 0 atom stereocenters. The van der Waals surface area contributed by atoms with Gasteiger partial charge in [-0.1, -0.05) is 30.3 Å². The fourth-order valence-corrected chi connectivity index (χ4v) is 2.34. The first-order valence-electron chi connectivity index (χ1n) is 6.40. The Morgan fingerprint density at radius 3 is 1.90 bits per heavy atom. The molecule has 1 heterocycles. The number of benzene rings is 2. The number of anilines is 1. The quantitative estimate of drug-likeness (QED) is 0.801.